The Hall–Kier alpha value is -0.860. The summed E-state index contributed by atoms with van der Waals surface area (Å²) in [5.41, 5.74) is 0. The summed E-state index contributed by atoms with van der Waals surface area (Å²) in [5, 5.41) is 0. The van der Waals surface area contributed by atoms with Crippen LogP contribution >= 0.6 is 10.7 Å². The fourth-order valence-electron chi connectivity index (χ4n) is 0.397. The highest BCUT2D eigenvalue weighted by Gasteiger charge is 2.06. The molecule has 4 nitrogen and oxygen atoms in total. The summed E-state index contributed by atoms with van der Waals surface area (Å²) in [4.78, 5) is 2.86. The molecule has 9 heteroatoms. The molecular formula is C5H3ClF3NO3S. The maximum Gasteiger partial charge on any atom is 0.353 e. The largest absolute Gasteiger partial charge is 0.353 e. The molecule has 1 rings (SSSR count). The molecule has 0 aliphatic rings. The van der Waals surface area contributed by atoms with E-state index < -0.39 is 26.9 Å². The highest BCUT2D eigenvalue weighted by Crippen LogP contribution is 2.04. The molecule has 0 aromatic carbocycles. The minimum Gasteiger partial charge on any atom is -0.273 e. The molecule has 1 aromatic rings. The van der Waals surface area contributed by atoms with Gasteiger partial charge in [-0.05, 0) is 6.07 Å². The van der Waals surface area contributed by atoms with Crippen molar-refractivity contribution < 1.29 is 26.1 Å². The fourth-order valence-corrected chi connectivity index (χ4v) is 0.397. The van der Waals surface area contributed by atoms with Gasteiger partial charge in [-0.15, -0.1) is 0 Å². The van der Waals surface area contributed by atoms with Crippen molar-refractivity contribution in [3.05, 3.63) is 29.8 Å². The van der Waals surface area contributed by atoms with Gasteiger partial charge in [0.05, 0.1) is 0 Å². The van der Waals surface area contributed by atoms with E-state index >= 15 is 0 Å². The summed E-state index contributed by atoms with van der Waals surface area (Å²) < 4.78 is 60.9. The van der Waals surface area contributed by atoms with E-state index in [0.717, 1.165) is 12.3 Å². The van der Waals surface area contributed by atoms with Crippen molar-refractivity contribution in [2.24, 2.45) is 0 Å². The number of aromatic nitrogens is 1. The molecule has 1 aromatic heterocycles. The molecule has 0 radical (unpaired) electrons. The Bertz CT molecular complexity index is 382. The van der Waals surface area contributed by atoms with E-state index in [1.54, 1.807) is 0 Å². The van der Waals surface area contributed by atoms with Crippen molar-refractivity contribution >= 4 is 20.0 Å². The van der Waals surface area contributed by atoms with Crippen LogP contribution in [0.1, 0.15) is 0 Å². The number of nitrogens with zero attached hydrogens (tertiary/aromatic N) is 1. The van der Waals surface area contributed by atoms with Crippen LogP contribution in [0.3, 0.4) is 0 Å². The maximum absolute atomic E-state index is 11.9. The number of hydrogen-bond donors (Lipinski definition) is 1. The summed E-state index contributed by atoms with van der Waals surface area (Å²) in [6, 6.07) is 0.748. The fraction of sp³-hybridized carbons (Fsp3) is 0. The first-order chi connectivity index (χ1) is 6.22. The zero-order valence-corrected chi connectivity index (χ0v) is 7.86. The molecule has 1 heterocycles. The van der Waals surface area contributed by atoms with Crippen LogP contribution in [0.5, 0.6) is 0 Å². The molecule has 0 aliphatic carbocycles. The van der Waals surface area contributed by atoms with Gasteiger partial charge in [-0.25, -0.2) is 9.37 Å². The number of rotatable bonds is 0. The summed E-state index contributed by atoms with van der Waals surface area (Å²) in [5.74, 6) is -4.16. The lowest BCUT2D eigenvalue weighted by Crippen LogP contribution is -1.91. The molecule has 80 valence electrons. The number of pyridine rings is 1. The van der Waals surface area contributed by atoms with Crippen molar-refractivity contribution in [3.8, 4) is 0 Å². The predicted molar refractivity (Wildman–Crippen MR) is 41.5 cm³/mol. The monoisotopic (exact) mass is 249 g/mol. The van der Waals surface area contributed by atoms with E-state index in [1.165, 1.54) is 0 Å². The molecule has 1 N–H and O–H groups in total. The second kappa shape index (κ2) is 5.13. The normalized spacial score (nSPS) is 10.4. The van der Waals surface area contributed by atoms with Crippen LogP contribution in [-0.4, -0.2) is 18.0 Å². The summed E-state index contributed by atoms with van der Waals surface area (Å²) in [6.45, 7) is 0. The van der Waals surface area contributed by atoms with Gasteiger partial charge in [0.25, 0.3) is 5.95 Å². The first kappa shape index (κ1) is 13.1. The van der Waals surface area contributed by atoms with Crippen LogP contribution < -0.4 is 0 Å². The quantitative estimate of drug-likeness (QED) is 0.430. The number of halogens is 4. The topological polar surface area (TPSA) is 67.3 Å². The smallest absolute Gasteiger partial charge is 0.273 e. The van der Waals surface area contributed by atoms with Gasteiger partial charge in [0.1, 0.15) is 0 Å². The average molecular weight is 250 g/mol. The molecule has 0 bridgehead atoms. The van der Waals surface area contributed by atoms with Gasteiger partial charge in [-0.3, -0.25) is 4.55 Å². The first-order valence-corrected chi connectivity index (χ1v) is 5.11. The van der Waals surface area contributed by atoms with E-state index in [4.69, 9.17) is 13.0 Å². The van der Waals surface area contributed by atoms with E-state index in [0.29, 0.717) is 0 Å². The average Bonchev–Trinajstić information content (AvgIpc) is 1.97. The second-order valence-electron chi connectivity index (χ2n) is 1.81. The van der Waals surface area contributed by atoms with E-state index in [-0.39, 0.29) is 0 Å². The molecule has 0 aliphatic heterocycles. The van der Waals surface area contributed by atoms with Crippen molar-refractivity contribution in [3.63, 3.8) is 0 Å². The molecule has 0 spiro atoms. The number of hydrogen-bond acceptors (Lipinski definition) is 3. The predicted octanol–water partition coefficient (Wildman–Crippen LogP) is 1.53. The van der Waals surface area contributed by atoms with E-state index in [1.807, 2.05) is 0 Å². The van der Waals surface area contributed by atoms with Crippen molar-refractivity contribution in [2.75, 3.05) is 0 Å². The van der Waals surface area contributed by atoms with Crippen LogP contribution in [0.2, 0.25) is 0 Å². The van der Waals surface area contributed by atoms with Crippen molar-refractivity contribution in [1.82, 2.24) is 4.98 Å². The van der Waals surface area contributed by atoms with E-state index in [9.17, 15) is 13.2 Å². The third kappa shape index (κ3) is 6.63. The van der Waals surface area contributed by atoms with Gasteiger partial charge in [-0.2, -0.15) is 17.2 Å². The lowest BCUT2D eigenvalue weighted by atomic mass is 10.4. The van der Waals surface area contributed by atoms with Crippen LogP contribution in [0.25, 0.3) is 0 Å². The Balaban J connectivity index is 0.000000292. The third-order valence-corrected chi connectivity index (χ3v) is 0.800. The highest BCUT2D eigenvalue weighted by atomic mass is 35.7. The minimum absolute atomic E-state index is 0.748. The first-order valence-electron chi connectivity index (χ1n) is 2.84. The van der Waals surface area contributed by atoms with Crippen molar-refractivity contribution in [2.45, 2.75) is 0 Å². The molecule has 0 fully saturated rings. The van der Waals surface area contributed by atoms with Gasteiger partial charge in [0.2, 0.25) is 5.82 Å². The van der Waals surface area contributed by atoms with Gasteiger partial charge in [-0.1, -0.05) is 0 Å². The van der Waals surface area contributed by atoms with Gasteiger partial charge in [0, 0.05) is 16.9 Å². The zero-order chi connectivity index (χ0) is 11.4. The minimum atomic E-state index is -4.19. The molecule has 0 amide bonds. The third-order valence-electron chi connectivity index (χ3n) is 0.800. The molecule has 0 saturated carbocycles. The van der Waals surface area contributed by atoms with Crippen LogP contribution in [0.15, 0.2) is 12.3 Å². The molecule has 14 heavy (non-hydrogen) atoms. The highest BCUT2D eigenvalue weighted by molar-refractivity contribution is 8.09. The zero-order valence-electron chi connectivity index (χ0n) is 6.29. The van der Waals surface area contributed by atoms with Gasteiger partial charge in [0.15, 0.2) is 5.82 Å². The summed E-state index contributed by atoms with van der Waals surface area (Å²) in [7, 11) is -0.137. The second-order valence-corrected chi connectivity index (χ2v) is 3.80. The van der Waals surface area contributed by atoms with Crippen LogP contribution in [-0.2, 0) is 9.33 Å². The lowest BCUT2D eigenvalue weighted by molar-refractivity contribution is 0.427. The van der Waals surface area contributed by atoms with Gasteiger partial charge >= 0.3 is 9.33 Å². The Labute approximate surface area is 81.6 Å². The molecular weight excluding hydrogens is 247 g/mol. The maximum atomic E-state index is 11.9. The Morgan fingerprint density at radius 2 is 1.79 bits per heavy atom. The Morgan fingerprint density at radius 1 is 1.36 bits per heavy atom. The summed E-state index contributed by atoms with van der Waals surface area (Å²) in [6.07, 6.45) is 0.855. The standard InChI is InChI=1S/C5H2F3N.ClHO3S/c6-3-1-2-9-5(8)4(3)7;1-5(2,3)4/h1-2H;(H,2,3,4). The van der Waals surface area contributed by atoms with E-state index in [2.05, 4.69) is 15.7 Å². The van der Waals surface area contributed by atoms with Crippen molar-refractivity contribution in [1.29, 1.82) is 0 Å². The van der Waals surface area contributed by atoms with Crippen LogP contribution in [0, 0.1) is 17.6 Å². The summed E-state index contributed by atoms with van der Waals surface area (Å²) >= 11 is 0. The molecule has 0 unspecified atom stereocenters. The van der Waals surface area contributed by atoms with Crippen LogP contribution in [0.4, 0.5) is 13.2 Å². The van der Waals surface area contributed by atoms with Gasteiger partial charge < -0.3 is 0 Å². The SMILES string of the molecule is Fc1ccnc(F)c1F.O=S(=O)(O)Cl. The Kier molecular flexibility index (Phi) is 4.81. The molecule has 0 saturated heterocycles. The lowest BCUT2D eigenvalue weighted by Gasteiger charge is -1.89. The molecule has 0 atom stereocenters. The Morgan fingerprint density at radius 3 is 2.07 bits per heavy atom.